The number of rotatable bonds is 2. The molecular formula is C16H22S2Sn2. The van der Waals surface area contributed by atoms with E-state index in [0.717, 1.165) is 0 Å². The first kappa shape index (κ1) is 15.6. The summed E-state index contributed by atoms with van der Waals surface area (Å²) in [7, 11) is 0. The van der Waals surface area contributed by atoms with E-state index in [0.29, 0.717) is 0 Å². The van der Waals surface area contributed by atoms with E-state index in [4.69, 9.17) is 0 Å². The molecule has 0 atom stereocenters. The van der Waals surface area contributed by atoms with Crippen LogP contribution in [0.3, 0.4) is 0 Å². The first-order valence-corrected chi connectivity index (χ1v) is 28.7. The third-order valence-corrected chi connectivity index (χ3v) is 24.7. The van der Waals surface area contributed by atoms with Gasteiger partial charge in [-0.2, -0.15) is 0 Å². The van der Waals surface area contributed by atoms with Gasteiger partial charge in [0.1, 0.15) is 0 Å². The first-order chi connectivity index (χ1) is 9.16. The zero-order chi connectivity index (χ0) is 14.7. The Kier molecular flexibility index (Phi) is 4.01. The summed E-state index contributed by atoms with van der Waals surface area (Å²) < 4.78 is 6.39. The van der Waals surface area contributed by atoms with Crippen LogP contribution < -0.4 is 5.79 Å². The van der Waals surface area contributed by atoms with Crippen LogP contribution >= 0.6 is 22.7 Å². The normalized spacial score (nSPS) is 13.5. The molecule has 3 rings (SSSR count). The molecule has 3 aromatic rings. The van der Waals surface area contributed by atoms with Gasteiger partial charge in [0, 0.05) is 0 Å². The first-order valence-electron chi connectivity index (χ1n) is 7.13. The molecule has 0 aliphatic carbocycles. The minimum atomic E-state index is -1.94. The number of hydrogen-bond donors (Lipinski definition) is 0. The van der Waals surface area contributed by atoms with E-state index < -0.39 is 36.8 Å². The fourth-order valence-corrected chi connectivity index (χ4v) is 15.1. The van der Waals surface area contributed by atoms with Gasteiger partial charge in [-0.25, -0.2) is 0 Å². The zero-order valence-corrected chi connectivity index (χ0v) is 20.5. The maximum atomic E-state index is 2.52. The summed E-state index contributed by atoms with van der Waals surface area (Å²) in [6.45, 7) is 0. The second-order valence-electron chi connectivity index (χ2n) is 7.61. The molecule has 0 radical (unpaired) electrons. The van der Waals surface area contributed by atoms with Gasteiger partial charge in [0.25, 0.3) is 0 Å². The fraction of sp³-hybridized carbons (Fsp3) is 0.375. The average molecular weight is 516 g/mol. The second kappa shape index (κ2) is 5.13. The number of fused-ring (bicyclic) bond motifs is 3. The van der Waals surface area contributed by atoms with Crippen LogP contribution in [-0.4, -0.2) is 36.8 Å². The minimum absolute atomic E-state index is 1.49. The van der Waals surface area contributed by atoms with Crippen LogP contribution in [-0.2, 0) is 0 Å². The Morgan fingerprint density at radius 3 is 1.30 bits per heavy atom. The number of hydrogen-bond acceptors (Lipinski definition) is 2. The van der Waals surface area contributed by atoms with E-state index in [1.165, 1.54) is 20.2 Å². The van der Waals surface area contributed by atoms with Gasteiger partial charge < -0.3 is 0 Å². The summed E-state index contributed by atoms with van der Waals surface area (Å²) in [5, 5.41) is 3.04. The Balaban J connectivity index is 2.30. The van der Waals surface area contributed by atoms with Gasteiger partial charge in [0.15, 0.2) is 0 Å². The predicted molar refractivity (Wildman–Crippen MR) is 103 cm³/mol. The molecule has 0 aliphatic heterocycles. The third kappa shape index (κ3) is 2.82. The van der Waals surface area contributed by atoms with Crippen LogP contribution in [0.25, 0.3) is 20.2 Å². The summed E-state index contributed by atoms with van der Waals surface area (Å²) in [5.41, 5.74) is 0. The molecule has 0 saturated carbocycles. The Bertz CT molecular complexity index is 715. The molecule has 0 N–H and O–H groups in total. The van der Waals surface area contributed by atoms with E-state index in [1.54, 1.807) is 5.79 Å². The molecule has 0 saturated heterocycles. The van der Waals surface area contributed by atoms with Gasteiger partial charge in [-0.1, -0.05) is 0 Å². The molecule has 0 unspecified atom stereocenters. The second-order valence-corrected chi connectivity index (χ2v) is 40.6. The standard InChI is InChI=1S/C10H4S2.6CH3.2Sn/c1-2-10-8(4-6-12-10)7-3-5-11-9(1)7;;;;;;;;/h1-4H;6*1H3;;. The van der Waals surface area contributed by atoms with Crippen molar-refractivity contribution < 1.29 is 0 Å². The topological polar surface area (TPSA) is 0 Å². The number of benzene rings is 1. The number of thiophene rings is 2. The zero-order valence-electron chi connectivity index (χ0n) is 13.1. The summed E-state index contributed by atoms with van der Waals surface area (Å²) in [6, 6.07) is 9.74. The monoisotopic (exact) mass is 518 g/mol. The molecule has 0 fully saturated rings. The molecular weight excluding hydrogens is 494 g/mol. The quantitative estimate of drug-likeness (QED) is 0.411. The van der Waals surface area contributed by atoms with Crippen molar-refractivity contribution in [1.82, 2.24) is 0 Å². The van der Waals surface area contributed by atoms with Crippen molar-refractivity contribution in [2.45, 2.75) is 29.6 Å². The summed E-state index contributed by atoms with van der Waals surface area (Å²) in [6.07, 6.45) is 0. The molecule has 106 valence electrons. The summed E-state index contributed by atoms with van der Waals surface area (Å²) in [4.78, 5) is 15.1. The van der Waals surface area contributed by atoms with E-state index in [2.05, 4.69) is 76.6 Å². The predicted octanol–water partition coefficient (Wildman–Crippen LogP) is 5.21. The van der Waals surface area contributed by atoms with Gasteiger partial charge in [0.2, 0.25) is 0 Å². The Morgan fingerprint density at radius 2 is 1.00 bits per heavy atom. The van der Waals surface area contributed by atoms with Crippen LogP contribution in [0.15, 0.2) is 24.3 Å². The maximum absolute atomic E-state index is 2.52. The third-order valence-electron chi connectivity index (χ3n) is 3.68. The molecule has 20 heavy (non-hydrogen) atoms. The molecule has 0 amide bonds. The average Bonchev–Trinajstić information content (AvgIpc) is 2.90. The summed E-state index contributed by atoms with van der Waals surface area (Å²) in [5.74, 6) is 0. The van der Waals surface area contributed by atoms with Crippen molar-refractivity contribution in [3.05, 3.63) is 24.3 Å². The van der Waals surface area contributed by atoms with Crippen LogP contribution in [0.2, 0.25) is 29.6 Å². The molecule has 4 heteroatoms. The molecule has 0 bridgehead atoms. The van der Waals surface area contributed by atoms with E-state index >= 15 is 0 Å². The molecule has 0 nitrogen and oxygen atoms in total. The van der Waals surface area contributed by atoms with Crippen LogP contribution in [0.1, 0.15) is 0 Å². The van der Waals surface area contributed by atoms with Gasteiger partial charge in [-0.05, 0) is 0 Å². The van der Waals surface area contributed by atoms with E-state index in [-0.39, 0.29) is 0 Å². The van der Waals surface area contributed by atoms with Crippen LogP contribution in [0.4, 0.5) is 0 Å². The molecule has 2 heterocycles. The van der Waals surface area contributed by atoms with E-state index in [1.807, 2.05) is 0 Å². The Morgan fingerprint density at radius 1 is 0.650 bits per heavy atom. The molecule has 1 aromatic carbocycles. The van der Waals surface area contributed by atoms with Crippen LogP contribution in [0, 0.1) is 0 Å². The van der Waals surface area contributed by atoms with Gasteiger partial charge in [-0.3, -0.25) is 0 Å². The van der Waals surface area contributed by atoms with Crippen molar-refractivity contribution in [2.24, 2.45) is 0 Å². The molecule has 0 aliphatic rings. The Hall–Kier alpha value is 0.737. The fourth-order valence-electron chi connectivity index (χ4n) is 2.37. The molecule has 0 spiro atoms. The van der Waals surface area contributed by atoms with Crippen LogP contribution in [0.5, 0.6) is 0 Å². The summed E-state index contributed by atoms with van der Waals surface area (Å²) >= 11 is 0.223. The van der Waals surface area contributed by atoms with Crippen molar-refractivity contribution in [2.75, 3.05) is 0 Å². The molecule has 2 aromatic heterocycles. The van der Waals surface area contributed by atoms with Gasteiger partial charge in [-0.15, -0.1) is 0 Å². The Labute approximate surface area is 137 Å². The van der Waals surface area contributed by atoms with Gasteiger partial charge in [0.05, 0.1) is 0 Å². The van der Waals surface area contributed by atoms with E-state index in [9.17, 15) is 0 Å². The van der Waals surface area contributed by atoms with Crippen molar-refractivity contribution in [3.63, 3.8) is 0 Å². The van der Waals surface area contributed by atoms with Gasteiger partial charge >= 0.3 is 139 Å². The van der Waals surface area contributed by atoms with Crippen molar-refractivity contribution in [3.8, 4) is 0 Å². The SMILES string of the molecule is [CH3][Sn]([CH3])([CH3])[c]1cc2c(ccc3s[c]([Sn]([CH3])([CH3])[CH3])cc32)s1. The van der Waals surface area contributed by atoms with Crippen molar-refractivity contribution in [1.29, 1.82) is 0 Å². The van der Waals surface area contributed by atoms with Crippen molar-refractivity contribution >= 4 is 85.4 Å².